The number of hydrogen-bond acceptors (Lipinski definition) is 5. The van der Waals surface area contributed by atoms with E-state index >= 15 is 0 Å². The molecule has 1 aromatic heterocycles. The maximum Gasteiger partial charge on any atom is 0.256 e. The van der Waals surface area contributed by atoms with Gasteiger partial charge in [0.2, 0.25) is 0 Å². The Bertz CT molecular complexity index is 830. The largest absolute Gasteiger partial charge is 0.493 e. The Morgan fingerprint density at radius 1 is 1.20 bits per heavy atom. The Hall–Kier alpha value is -2.21. The van der Waals surface area contributed by atoms with Gasteiger partial charge < -0.3 is 20.1 Å². The van der Waals surface area contributed by atoms with Crippen molar-refractivity contribution in [2.75, 3.05) is 19.5 Å². The van der Waals surface area contributed by atoms with Crippen molar-refractivity contribution in [3.8, 4) is 11.5 Å². The Morgan fingerprint density at radius 2 is 2.04 bits per heavy atom. The summed E-state index contributed by atoms with van der Waals surface area (Å²) < 4.78 is 10.9. The average Bonchev–Trinajstić information content (AvgIpc) is 2.98. The van der Waals surface area contributed by atoms with Crippen molar-refractivity contribution in [2.45, 2.75) is 32.4 Å². The number of thiophene rings is 1. The van der Waals surface area contributed by atoms with E-state index in [1.807, 2.05) is 18.2 Å². The molecule has 25 heavy (non-hydrogen) atoms. The van der Waals surface area contributed by atoms with Crippen molar-refractivity contribution in [2.24, 2.45) is 5.92 Å². The van der Waals surface area contributed by atoms with E-state index in [2.05, 4.69) is 17.6 Å². The van der Waals surface area contributed by atoms with E-state index in [-0.39, 0.29) is 12.1 Å². The zero-order valence-corrected chi connectivity index (χ0v) is 15.5. The van der Waals surface area contributed by atoms with Crippen LogP contribution in [0.4, 0.5) is 5.00 Å². The van der Waals surface area contributed by atoms with E-state index < -0.39 is 0 Å². The maximum absolute atomic E-state index is 12.8. The first-order chi connectivity index (χ1) is 12.1. The van der Waals surface area contributed by atoms with Gasteiger partial charge in [-0.15, -0.1) is 11.3 Å². The number of para-hydroxylation sites is 1. The van der Waals surface area contributed by atoms with E-state index in [0.717, 1.165) is 35.4 Å². The second-order valence-corrected chi connectivity index (χ2v) is 7.79. The lowest BCUT2D eigenvalue weighted by Crippen LogP contribution is -2.38. The molecule has 2 aromatic rings. The minimum atomic E-state index is -0.331. The van der Waals surface area contributed by atoms with E-state index in [9.17, 15) is 4.79 Å². The van der Waals surface area contributed by atoms with Crippen molar-refractivity contribution in [1.82, 2.24) is 5.32 Å². The molecule has 2 aliphatic rings. The fourth-order valence-electron chi connectivity index (χ4n) is 3.76. The van der Waals surface area contributed by atoms with Crippen LogP contribution in [0.15, 0.2) is 18.2 Å². The molecule has 0 saturated heterocycles. The predicted octanol–water partition coefficient (Wildman–Crippen LogP) is 3.74. The van der Waals surface area contributed by atoms with Crippen molar-refractivity contribution in [3.05, 3.63) is 39.8 Å². The monoisotopic (exact) mass is 358 g/mol. The van der Waals surface area contributed by atoms with Gasteiger partial charge in [0.1, 0.15) is 11.2 Å². The maximum atomic E-state index is 12.8. The molecule has 0 unspecified atom stereocenters. The van der Waals surface area contributed by atoms with Gasteiger partial charge in [0.05, 0.1) is 19.8 Å². The number of carbonyl (C=O) groups is 1. The lowest BCUT2D eigenvalue weighted by Gasteiger charge is -2.28. The highest BCUT2D eigenvalue weighted by molar-refractivity contribution is 7.16. The second kappa shape index (κ2) is 6.26. The Morgan fingerprint density at radius 3 is 2.80 bits per heavy atom. The van der Waals surface area contributed by atoms with E-state index in [1.54, 1.807) is 25.6 Å². The minimum Gasteiger partial charge on any atom is -0.493 e. The minimum absolute atomic E-state index is 0.00400. The number of benzene rings is 1. The number of fused-ring (bicyclic) bond motifs is 3. The van der Waals surface area contributed by atoms with Gasteiger partial charge in [-0.1, -0.05) is 19.1 Å². The molecular formula is C19H22N2O3S. The number of amides is 1. The van der Waals surface area contributed by atoms with Crippen LogP contribution in [0.5, 0.6) is 11.5 Å². The van der Waals surface area contributed by atoms with Crippen molar-refractivity contribution in [3.63, 3.8) is 0 Å². The average molecular weight is 358 g/mol. The van der Waals surface area contributed by atoms with Gasteiger partial charge in [0, 0.05) is 10.4 Å². The normalized spacial score (nSPS) is 21.6. The van der Waals surface area contributed by atoms with Gasteiger partial charge in [-0.05, 0) is 36.8 Å². The predicted molar refractivity (Wildman–Crippen MR) is 98.9 cm³/mol. The van der Waals surface area contributed by atoms with Crippen LogP contribution in [-0.4, -0.2) is 20.1 Å². The second-order valence-electron chi connectivity index (χ2n) is 6.69. The quantitative estimate of drug-likeness (QED) is 0.877. The molecule has 4 rings (SSSR count). The molecule has 1 aliphatic carbocycles. The Labute approximate surface area is 151 Å². The van der Waals surface area contributed by atoms with Crippen LogP contribution in [-0.2, 0) is 12.8 Å². The molecule has 132 valence electrons. The molecule has 0 spiro atoms. The number of methoxy groups -OCH3 is 2. The SMILES string of the molecule is COc1cccc([C@H]2NC(=O)c3c(sc4c3CC[C@@H](C)C4)N2)c1OC. The molecule has 0 fully saturated rings. The number of ether oxygens (including phenoxy) is 2. The lowest BCUT2D eigenvalue weighted by molar-refractivity contribution is 0.0934. The number of rotatable bonds is 3. The fourth-order valence-corrected chi connectivity index (χ4v) is 5.19. The third-order valence-electron chi connectivity index (χ3n) is 5.03. The van der Waals surface area contributed by atoms with E-state index in [1.165, 1.54) is 10.4 Å². The molecule has 0 saturated carbocycles. The summed E-state index contributed by atoms with van der Waals surface area (Å²) in [5, 5.41) is 7.55. The van der Waals surface area contributed by atoms with Gasteiger partial charge in [-0.25, -0.2) is 0 Å². The highest BCUT2D eigenvalue weighted by atomic mass is 32.1. The topological polar surface area (TPSA) is 59.6 Å². The van der Waals surface area contributed by atoms with Crippen LogP contribution in [0.1, 0.15) is 45.9 Å². The standard InChI is InChI=1S/C19H22N2O3S/c1-10-7-8-11-14(9-10)25-19-15(11)18(22)20-17(21-19)12-5-4-6-13(23-2)16(12)24-3/h4-6,10,17,21H,7-9H2,1-3H3,(H,20,22)/t10-,17+/m1/s1. The molecule has 1 aliphatic heterocycles. The Balaban J connectivity index is 1.72. The summed E-state index contributed by atoms with van der Waals surface area (Å²) >= 11 is 1.72. The molecule has 2 heterocycles. The van der Waals surface area contributed by atoms with Crippen LogP contribution in [0.25, 0.3) is 0 Å². The third-order valence-corrected chi connectivity index (χ3v) is 6.22. The number of nitrogens with one attached hydrogen (secondary N) is 2. The number of carbonyl (C=O) groups excluding carboxylic acids is 1. The fraction of sp³-hybridized carbons (Fsp3) is 0.421. The first-order valence-corrected chi connectivity index (χ1v) is 9.36. The van der Waals surface area contributed by atoms with Crippen molar-refractivity contribution < 1.29 is 14.3 Å². The van der Waals surface area contributed by atoms with Crippen molar-refractivity contribution in [1.29, 1.82) is 0 Å². The molecule has 2 atom stereocenters. The summed E-state index contributed by atoms with van der Waals surface area (Å²) in [7, 11) is 3.23. The van der Waals surface area contributed by atoms with Gasteiger partial charge in [-0.3, -0.25) is 4.79 Å². The lowest BCUT2D eigenvalue weighted by atomic mass is 9.88. The van der Waals surface area contributed by atoms with E-state index in [4.69, 9.17) is 9.47 Å². The summed E-state index contributed by atoms with van der Waals surface area (Å²) in [5.41, 5.74) is 2.93. The first kappa shape index (κ1) is 16.3. The van der Waals surface area contributed by atoms with Gasteiger partial charge in [-0.2, -0.15) is 0 Å². The highest BCUT2D eigenvalue weighted by Crippen LogP contribution is 2.44. The summed E-state index contributed by atoms with van der Waals surface area (Å²) in [4.78, 5) is 14.2. The third kappa shape index (κ3) is 2.65. The molecule has 2 N–H and O–H groups in total. The van der Waals surface area contributed by atoms with Gasteiger partial charge >= 0.3 is 0 Å². The first-order valence-electron chi connectivity index (χ1n) is 8.55. The molecule has 0 radical (unpaired) electrons. The summed E-state index contributed by atoms with van der Waals surface area (Å²) in [5.74, 6) is 1.97. The van der Waals surface area contributed by atoms with Crippen molar-refractivity contribution >= 4 is 22.2 Å². The zero-order valence-electron chi connectivity index (χ0n) is 14.6. The van der Waals surface area contributed by atoms with Crippen LogP contribution < -0.4 is 20.1 Å². The van der Waals surface area contributed by atoms with Gasteiger partial charge in [0.25, 0.3) is 5.91 Å². The molecule has 6 heteroatoms. The molecule has 5 nitrogen and oxygen atoms in total. The number of anilines is 1. The smallest absolute Gasteiger partial charge is 0.256 e. The van der Waals surface area contributed by atoms with E-state index in [0.29, 0.717) is 17.4 Å². The summed E-state index contributed by atoms with van der Waals surface area (Å²) in [6, 6.07) is 5.70. The molecule has 0 bridgehead atoms. The van der Waals surface area contributed by atoms with Crippen LogP contribution in [0.2, 0.25) is 0 Å². The molecule has 1 aromatic carbocycles. The summed E-state index contributed by atoms with van der Waals surface area (Å²) in [6.45, 7) is 2.28. The molecular weight excluding hydrogens is 336 g/mol. The molecule has 1 amide bonds. The zero-order chi connectivity index (χ0) is 17.6. The highest BCUT2D eigenvalue weighted by Gasteiger charge is 2.34. The van der Waals surface area contributed by atoms with Crippen LogP contribution in [0, 0.1) is 5.92 Å². The number of hydrogen-bond donors (Lipinski definition) is 2. The van der Waals surface area contributed by atoms with Gasteiger partial charge in [0.15, 0.2) is 11.5 Å². The van der Waals surface area contributed by atoms with Crippen LogP contribution in [0.3, 0.4) is 0 Å². The van der Waals surface area contributed by atoms with Crippen LogP contribution >= 0.6 is 11.3 Å². The Kier molecular flexibility index (Phi) is 4.07. The summed E-state index contributed by atoms with van der Waals surface area (Å²) in [6.07, 6.45) is 2.87.